The van der Waals surface area contributed by atoms with E-state index >= 15 is 0 Å². The predicted octanol–water partition coefficient (Wildman–Crippen LogP) is 4.28. The number of amides is 1. The molecule has 2 heterocycles. The zero-order valence-corrected chi connectivity index (χ0v) is 17.2. The van der Waals surface area contributed by atoms with Crippen molar-refractivity contribution in [2.75, 3.05) is 12.0 Å². The van der Waals surface area contributed by atoms with Crippen LogP contribution in [0, 0.1) is 0 Å². The van der Waals surface area contributed by atoms with Gasteiger partial charge in [0.15, 0.2) is 5.69 Å². The molecule has 154 valence electrons. The molecule has 5 rings (SSSR count). The van der Waals surface area contributed by atoms with Crippen LogP contribution in [0.3, 0.4) is 0 Å². The normalized spacial score (nSPS) is 15.6. The van der Waals surface area contributed by atoms with Gasteiger partial charge in [-0.2, -0.15) is 0 Å². The van der Waals surface area contributed by atoms with E-state index in [9.17, 15) is 4.79 Å². The summed E-state index contributed by atoms with van der Waals surface area (Å²) >= 11 is 0. The van der Waals surface area contributed by atoms with Crippen LogP contribution >= 0.6 is 0 Å². The van der Waals surface area contributed by atoms with Crippen molar-refractivity contribution in [3.05, 3.63) is 107 Å². The lowest BCUT2D eigenvalue weighted by molar-refractivity contribution is 0.0956. The van der Waals surface area contributed by atoms with Gasteiger partial charge in [-0.1, -0.05) is 65.9 Å². The Kier molecular flexibility index (Phi) is 4.96. The van der Waals surface area contributed by atoms with Crippen LogP contribution in [-0.4, -0.2) is 28.0 Å². The Balaban J connectivity index is 1.57. The average Bonchev–Trinajstić information content (AvgIpc) is 3.23. The summed E-state index contributed by atoms with van der Waals surface area (Å²) in [6.07, 6.45) is 0.594. The van der Waals surface area contributed by atoms with Gasteiger partial charge in [0.2, 0.25) is 0 Å². The van der Waals surface area contributed by atoms with E-state index in [2.05, 4.69) is 10.3 Å². The molecule has 1 atom stereocenters. The fourth-order valence-corrected chi connectivity index (χ4v) is 4.10. The van der Waals surface area contributed by atoms with Gasteiger partial charge in [0.25, 0.3) is 5.91 Å². The molecule has 0 fully saturated rings. The highest BCUT2D eigenvalue weighted by Crippen LogP contribution is 2.36. The molecule has 6 nitrogen and oxygen atoms in total. The highest BCUT2D eigenvalue weighted by atomic mass is 16.5. The Hall–Kier alpha value is -3.93. The molecule has 0 N–H and O–H groups in total. The lowest BCUT2D eigenvalue weighted by Crippen LogP contribution is -2.41. The maximum Gasteiger partial charge on any atom is 0.279 e. The minimum absolute atomic E-state index is 0.0887. The van der Waals surface area contributed by atoms with Crippen molar-refractivity contribution < 1.29 is 9.53 Å². The summed E-state index contributed by atoms with van der Waals surface area (Å²) in [5.74, 6) is 0.695. The van der Waals surface area contributed by atoms with Crippen molar-refractivity contribution in [1.29, 1.82) is 0 Å². The Morgan fingerprint density at radius 3 is 2.29 bits per heavy atom. The highest BCUT2D eigenvalue weighted by molar-refractivity contribution is 6.07. The van der Waals surface area contributed by atoms with Crippen molar-refractivity contribution in [2.45, 2.75) is 19.0 Å². The molecule has 1 aliphatic heterocycles. The molecule has 0 saturated heterocycles. The predicted molar refractivity (Wildman–Crippen MR) is 118 cm³/mol. The third kappa shape index (κ3) is 3.57. The number of ether oxygens (including phenoxy) is 1. The van der Waals surface area contributed by atoms with Gasteiger partial charge in [-0.15, -0.1) is 5.10 Å². The van der Waals surface area contributed by atoms with Crippen LogP contribution in [0.4, 0.5) is 5.69 Å². The number of para-hydroxylation sites is 1. The molecule has 0 aliphatic carbocycles. The first kappa shape index (κ1) is 19.1. The van der Waals surface area contributed by atoms with Crippen molar-refractivity contribution in [1.82, 2.24) is 15.0 Å². The SMILES string of the molecule is COc1ccc(C2Cc3nnn(Cc4ccccc4)c3C(=O)N2c2ccccc2)cc1. The molecule has 31 heavy (non-hydrogen) atoms. The molecule has 3 aromatic carbocycles. The number of methoxy groups -OCH3 is 1. The van der Waals surface area contributed by atoms with E-state index in [1.807, 2.05) is 89.8 Å². The highest BCUT2D eigenvalue weighted by Gasteiger charge is 2.38. The minimum atomic E-state index is -0.171. The van der Waals surface area contributed by atoms with Crippen LogP contribution in [0.25, 0.3) is 0 Å². The Morgan fingerprint density at radius 1 is 0.935 bits per heavy atom. The van der Waals surface area contributed by atoms with Gasteiger partial charge in [-0.05, 0) is 35.4 Å². The second kappa shape index (κ2) is 8.07. The topological polar surface area (TPSA) is 60.3 Å². The third-order valence-corrected chi connectivity index (χ3v) is 5.63. The molecule has 0 radical (unpaired) electrons. The maximum atomic E-state index is 13.8. The van der Waals surface area contributed by atoms with E-state index < -0.39 is 0 Å². The second-order valence-corrected chi connectivity index (χ2v) is 7.53. The summed E-state index contributed by atoms with van der Waals surface area (Å²) in [5.41, 5.74) is 4.24. The summed E-state index contributed by atoms with van der Waals surface area (Å²) < 4.78 is 7.01. The molecular formula is C25H22N4O2. The molecule has 1 aromatic heterocycles. The maximum absolute atomic E-state index is 13.8. The molecule has 1 unspecified atom stereocenters. The summed E-state index contributed by atoms with van der Waals surface area (Å²) in [6.45, 7) is 0.505. The number of benzene rings is 3. The second-order valence-electron chi connectivity index (χ2n) is 7.53. The molecular weight excluding hydrogens is 388 g/mol. The third-order valence-electron chi connectivity index (χ3n) is 5.63. The van der Waals surface area contributed by atoms with Crippen LogP contribution in [0.1, 0.15) is 33.4 Å². The van der Waals surface area contributed by atoms with Gasteiger partial charge in [0, 0.05) is 12.1 Å². The lowest BCUT2D eigenvalue weighted by atomic mass is 9.94. The van der Waals surface area contributed by atoms with Crippen LogP contribution < -0.4 is 9.64 Å². The van der Waals surface area contributed by atoms with E-state index in [1.54, 1.807) is 11.8 Å². The fourth-order valence-electron chi connectivity index (χ4n) is 4.10. The van der Waals surface area contributed by atoms with Gasteiger partial charge < -0.3 is 4.74 Å². The van der Waals surface area contributed by atoms with E-state index in [0.29, 0.717) is 18.7 Å². The standard InChI is InChI=1S/C25H22N4O2/c1-31-21-14-12-19(13-15-21)23-16-22-24(25(30)29(23)20-10-6-3-7-11-20)28(27-26-22)17-18-8-4-2-5-9-18/h2-15,23H,16-17H2,1H3. The molecule has 0 bridgehead atoms. The quantitative estimate of drug-likeness (QED) is 0.493. The van der Waals surface area contributed by atoms with Crippen molar-refractivity contribution in [3.63, 3.8) is 0 Å². The number of hydrogen-bond acceptors (Lipinski definition) is 4. The van der Waals surface area contributed by atoms with Crippen LogP contribution in [-0.2, 0) is 13.0 Å². The van der Waals surface area contributed by atoms with E-state index in [4.69, 9.17) is 4.74 Å². The number of anilines is 1. The van der Waals surface area contributed by atoms with Gasteiger partial charge in [-0.25, -0.2) is 4.68 Å². The molecule has 0 saturated carbocycles. The van der Waals surface area contributed by atoms with Crippen LogP contribution in [0.2, 0.25) is 0 Å². The molecule has 1 amide bonds. The summed E-state index contributed by atoms with van der Waals surface area (Å²) in [7, 11) is 1.65. The van der Waals surface area contributed by atoms with Crippen molar-refractivity contribution in [3.8, 4) is 5.75 Å². The number of carbonyl (C=O) groups excluding carboxylic acids is 1. The Morgan fingerprint density at radius 2 is 1.61 bits per heavy atom. The molecule has 0 spiro atoms. The molecule has 1 aliphatic rings. The van der Waals surface area contributed by atoms with Crippen LogP contribution in [0.5, 0.6) is 5.75 Å². The summed E-state index contributed by atoms with van der Waals surface area (Å²) in [4.78, 5) is 15.7. The minimum Gasteiger partial charge on any atom is -0.497 e. The number of carbonyl (C=O) groups is 1. The van der Waals surface area contributed by atoms with Gasteiger partial charge in [0.05, 0.1) is 25.4 Å². The first-order chi connectivity index (χ1) is 15.2. The van der Waals surface area contributed by atoms with Crippen LogP contribution in [0.15, 0.2) is 84.9 Å². The first-order valence-electron chi connectivity index (χ1n) is 10.2. The lowest BCUT2D eigenvalue weighted by Gasteiger charge is -2.35. The van der Waals surface area contributed by atoms with E-state index in [-0.39, 0.29) is 11.9 Å². The van der Waals surface area contributed by atoms with E-state index in [0.717, 1.165) is 28.3 Å². The van der Waals surface area contributed by atoms with Gasteiger partial charge in [0.1, 0.15) is 5.75 Å². The zero-order chi connectivity index (χ0) is 21.2. The van der Waals surface area contributed by atoms with Crippen molar-refractivity contribution in [2.24, 2.45) is 0 Å². The Bertz CT molecular complexity index is 1190. The van der Waals surface area contributed by atoms with Crippen molar-refractivity contribution >= 4 is 11.6 Å². The number of aromatic nitrogens is 3. The zero-order valence-electron chi connectivity index (χ0n) is 17.2. The smallest absolute Gasteiger partial charge is 0.279 e. The molecule has 4 aromatic rings. The number of nitrogens with zero attached hydrogens (tertiary/aromatic N) is 4. The molecule has 6 heteroatoms. The van der Waals surface area contributed by atoms with Gasteiger partial charge in [-0.3, -0.25) is 9.69 Å². The van der Waals surface area contributed by atoms with E-state index in [1.165, 1.54) is 0 Å². The number of fused-ring (bicyclic) bond motifs is 1. The summed E-state index contributed by atoms with van der Waals surface area (Å²) in [5, 5.41) is 8.71. The Labute approximate surface area is 180 Å². The number of hydrogen-bond donors (Lipinski definition) is 0. The number of rotatable bonds is 5. The average molecular weight is 410 g/mol. The largest absolute Gasteiger partial charge is 0.497 e. The van der Waals surface area contributed by atoms with Gasteiger partial charge >= 0.3 is 0 Å². The summed E-state index contributed by atoms with van der Waals surface area (Å²) in [6, 6.07) is 27.4. The first-order valence-corrected chi connectivity index (χ1v) is 10.2. The fraction of sp³-hybridized carbons (Fsp3) is 0.160. The monoisotopic (exact) mass is 410 g/mol.